The number of carbonyl (C=O) groups excluding carboxylic acids is 1. The monoisotopic (exact) mass is 224 g/mol. The van der Waals surface area contributed by atoms with E-state index in [2.05, 4.69) is 4.90 Å². The van der Waals surface area contributed by atoms with Gasteiger partial charge in [0.25, 0.3) is 0 Å². The molecular formula is C13H24N2O. The van der Waals surface area contributed by atoms with Crippen LogP contribution < -0.4 is 5.73 Å². The van der Waals surface area contributed by atoms with E-state index in [4.69, 9.17) is 5.73 Å². The smallest absolute Gasteiger partial charge is 0.224 e. The van der Waals surface area contributed by atoms with Crippen molar-refractivity contribution in [3.8, 4) is 0 Å². The number of likely N-dealkylation sites (tertiary alicyclic amines) is 1. The van der Waals surface area contributed by atoms with E-state index in [1.165, 1.54) is 32.1 Å². The number of hydrogen-bond donors (Lipinski definition) is 1. The van der Waals surface area contributed by atoms with Crippen LogP contribution in [0.25, 0.3) is 0 Å². The van der Waals surface area contributed by atoms with Crippen molar-refractivity contribution in [3.05, 3.63) is 0 Å². The molecule has 2 aliphatic rings. The van der Waals surface area contributed by atoms with Gasteiger partial charge < -0.3 is 10.6 Å². The molecule has 0 spiro atoms. The summed E-state index contributed by atoms with van der Waals surface area (Å²) >= 11 is 0. The zero-order chi connectivity index (χ0) is 11.5. The lowest BCUT2D eigenvalue weighted by atomic mass is 9.85. The van der Waals surface area contributed by atoms with Crippen LogP contribution in [0.3, 0.4) is 0 Å². The van der Waals surface area contributed by atoms with E-state index in [-0.39, 0.29) is 6.04 Å². The predicted molar refractivity (Wildman–Crippen MR) is 65.0 cm³/mol. The molecule has 1 aliphatic carbocycles. The Morgan fingerprint density at radius 1 is 1.38 bits per heavy atom. The first kappa shape index (κ1) is 11.9. The highest BCUT2D eigenvalue weighted by molar-refractivity contribution is 5.77. The Bertz CT molecular complexity index is 254. The summed E-state index contributed by atoms with van der Waals surface area (Å²) in [6, 6.07) is 0.598. The van der Waals surface area contributed by atoms with Crippen LogP contribution in [0.1, 0.15) is 51.9 Å². The molecule has 3 atom stereocenters. The van der Waals surface area contributed by atoms with Gasteiger partial charge in [-0.2, -0.15) is 0 Å². The SMILES string of the molecule is CCC(N)CC(=O)N1CCC2CCCCC21. The van der Waals surface area contributed by atoms with Crippen molar-refractivity contribution in [2.45, 2.75) is 64.0 Å². The van der Waals surface area contributed by atoms with Crippen LogP contribution in [0.4, 0.5) is 0 Å². The molecule has 2 fully saturated rings. The summed E-state index contributed by atoms with van der Waals surface area (Å²) in [5.41, 5.74) is 5.86. The average Bonchev–Trinajstić information content (AvgIpc) is 2.72. The molecule has 2 rings (SSSR count). The van der Waals surface area contributed by atoms with Crippen LogP contribution in [0.15, 0.2) is 0 Å². The first-order valence-corrected chi connectivity index (χ1v) is 6.77. The third-order valence-corrected chi connectivity index (χ3v) is 4.29. The molecule has 1 saturated heterocycles. The summed E-state index contributed by atoms with van der Waals surface area (Å²) < 4.78 is 0. The Kier molecular flexibility index (Phi) is 3.85. The molecule has 1 saturated carbocycles. The Morgan fingerprint density at radius 2 is 2.12 bits per heavy atom. The lowest BCUT2D eigenvalue weighted by molar-refractivity contribution is -0.133. The fourth-order valence-corrected chi connectivity index (χ4v) is 3.20. The summed E-state index contributed by atoms with van der Waals surface area (Å²) in [6.45, 7) is 3.02. The summed E-state index contributed by atoms with van der Waals surface area (Å²) in [4.78, 5) is 14.2. The first-order valence-electron chi connectivity index (χ1n) is 6.77. The van der Waals surface area contributed by atoms with Gasteiger partial charge in [0, 0.05) is 25.0 Å². The molecule has 1 heterocycles. The standard InChI is InChI=1S/C13H24N2O/c1-2-11(14)9-13(16)15-8-7-10-5-3-4-6-12(10)15/h10-12H,2-9,14H2,1H3. The van der Waals surface area contributed by atoms with Crippen molar-refractivity contribution in [3.63, 3.8) is 0 Å². The van der Waals surface area contributed by atoms with Gasteiger partial charge in [0.05, 0.1) is 0 Å². The summed E-state index contributed by atoms with van der Waals surface area (Å²) in [5, 5.41) is 0. The maximum Gasteiger partial charge on any atom is 0.224 e. The number of nitrogens with zero attached hydrogens (tertiary/aromatic N) is 1. The fourth-order valence-electron chi connectivity index (χ4n) is 3.20. The zero-order valence-corrected chi connectivity index (χ0v) is 10.3. The second kappa shape index (κ2) is 5.17. The van der Waals surface area contributed by atoms with Crippen LogP contribution in [0.2, 0.25) is 0 Å². The van der Waals surface area contributed by atoms with Crippen molar-refractivity contribution in [2.24, 2.45) is 11.7 Å². The molecule has 0 aromatic carbocycles. The number of fused-ring (bicyclic) bond motifs is 1. The number of hydrogen-bond acceptors (Lipinski definition) is 2. The highest BCUT2D eigenvalue weighted by Crippen LogP contribution is 2.36. The van der Waals surface area contributed by atoms with E-state index in [1.807, 2.05) is 6.92 Å². The third kappa shape index (κ3) is 2.40. The van der Waals surface area contributed by atoms with E-state index in [1.54, 1.807) is 0 Å². The molecule has 2 N–H and O–H groups in total. The summed E-state index contributed by atoms with van der Waals surface area (Å²) in [6.07, 6.45) is 7.86. The molecule has 0 aromatic rings. The third-order valence-electron chi connectivity index (χ3n) is 4.29. The Labute approximate surface area is 98.4 Å². The zero-order valence-electron chi connectivity index (χ0n) is 10.3. The quantitative estimate of drug-likeness (QED) is 0.796. The molecule has 3 unspecified atom stereocenters. The maximum absolute atomic E-state index is 12.1. The van der Waals surface area contributed by atoms with E-state index in [0.29, 0.717) is 18.4 Å². The second-order valence-electron chi connectivity index (χ2n) is 5.36. The molecule has 16 heavy (non-hydrogen) atoms. The second-order valence-corrected chi connectivity index (χ2v) is 5.36. The van der Waals surface area contributed by atoms with Gasteiger partial charge in [-0.3, -0.25) is 4.79 Å². The van der Waals surface area contributed by atoms with Crippen LogP contribution in [0, 0.1) is 5.92 Å². The fraction of sp³-hybridized carbons (Fsp3) is 0.923. The molecule has 92 valence electrons. The summed E-state index contributed by atoms with van der Waals surface area (Å²) in [7, 11) is 0. The predicted octanol–water partition coefficient (Wildman–Crippen LogP) is 1.90. The number of amides is 1. The Morgan fingerprint density at radius 3 is 2.88 bits per heavy atom. The van der Waals surface area contributed by atoms with Crippen molar-refractivity contribution in [1.82, 2.24) is 4.90 Å². The number of rotatable bonds is 3. The van der Waals surface area contributed by atoms with Gasteiger partial charge in [-0.05, 0) is 31.6 Å². The largest absolute Gasteiger partial charge is 0.339 e. The van der Waals surface area contributed by atoms with Gasteiger partial charge in [0.1, 0.15) is 0 Å². The number of carbonyl (C=O) groups is 1. The van der Waals surface area contributed by atoms with E-state index < -0.39 is 0 Å². The minimum Gasteiger partial charge on any atom is -0.339 e. The Hall–Kier alpha value is -0.570. The Balaban J connectivity index is 1.91. The van der Waals surface area contributed by atoms with Crippen molar-refractivity contribution >= 4 is 5.91 Å². The van der Waals surface area contributed by atoms with E-state index in [9.17, 15) is 4.79 Å². The molecule has 0 aromatic heterocycles. The van der Waals surface area contributed by atoms with Gasteiger partial charge in [-0.1, -0.05) is 19.8 Å². The molecule has 3 nitrogen and oxygen atoms in total. The van der Waals surface area contributed by atoms with E-state index in [0.717, 1.165) is 18.9 Å². The highest BCUT2D eigenvalue weighted by atomic mass is 16.2. The van der Waals surface area contributed by atoms with Gasteiger partial charge in [0.2, 0.25) is 5.91 Å². The van der Waals surface area contributed by atoms with Crippen LogP contribution in [0.5, 0.6) is 0 Å². The number of nitrogens with two attached hydrogens (primary N) is 1. The normalized spacial score (nSPS) is 31.2. The topological polar surface area (TPSA) is 46.3 Å². The van der Waals surface area contributed by atoms with Crippen molar-refractivity contribution < 1.29 is 4.79 Å². The van der Waals surface area contributed by atoms with Crippen LogP contribution in [-0.2, 0) is 4.79 Å². The van der Waals surface area contributed by atoms with Gasteiger partial charge >= 0.3 is 0 Å². The molecule has 0 bridgehead atoms. The summed E-state index contributed by atoms with van der Waals surface area (Å²) in [5.74, 6) is 1.08. The van der Waals surface area contributed by atoms with Crippen molar-refractivity contribution in [1.29, 1.82) is 0 Å². The minimum absolute atomic E-state index is 0.0511. The van der Waals surface area contributed by atoms with Crippen LogP contribution in [-0.4, -0.2) is 29.4 Å². The molecule has 1 aliphatic heterocycles. The molecule has 3 heteroatoms. The minimum atomic E-state index is 0.0511. The molecule has 1 amide bonds. The van der Waals surface area contributed by atoms with Gasteiger partial charge in [-0.15, -0.1) is 0 Å². The van der Waals surface area contributed by atoms with Crippen LogP contribution >= 0.6 is 0 Å². The van der Waals surface area contributed by atoms with Crippen molar-refractivity contribution in [2.75, 3.05) is 6.54 Å². The first-order chi connectivity index (χ1) is 7.72. The van der Waals surface area contributed by atoms with Gasteiger partial charge in [0.15, 0.2) is 0 Å². The maximum atomic E-state index is 12.1. The van der Waals surface area contributed by atoms with Gasteiger partial charge in [-0.25, -0.2) is 0 Å². The lowest BCUT2D eigenvalue weighted by Crippen LogP contribution is -2.41. The molecule has 0 radical (unpaired) electrons. The lowest BCUT2D eigenvalue weighted by Gasteiger charge is -2.32. The highest BCUT2D eigenvalue weighted by Gasteiger charge is 2.37. The van der Waals surface area contributed by atoms with E-state index >= 15 is 0 Å². The average molecular weight is 224 g/mol. The molecular weight excluding hydrogens is 200 g/mol.